The number of aliphatic imine (C=N–C) groups is 3. The van der Waals surface area contributed by atoms with Crippen molar-refractivity contribution in [3.63, 3.8) is 0 Å². The van der Waals surface area contributed by atoms with E-state index in [1.807, 2.05) is 113 Å². The van der Waals surface area contributed by atoms with Crippen LogP contribution < -0.4 is 19.5 Å². The van der Waals surface area contributed by atoms with Crippen LogP contribution in [0.15, 0.2) is 80.5 Å². The Balaban J connectivity index is 0.000000237. The highest BCUT2D eigenvalue weighted by Gasteiger charge is 2.22. The van der Waals surface area contributed by atoms with Crippen LogP contribution in [0.5, 0.6) is 17.6 Å². The fraction of sp³-hybridized carbons (Fsp3) is 0.365. The molecule has 1 amide bonds. The number of thioether (sulfide) groups is 3. The molecule has 0 aliphatic rings. The van der Waals surface area contributed by atoms with Crippen molar-refractivity contribution >= 4 is 104 Å². The molecule has 0 aliphatic carbocycles. The third kappa shape index (κ3) is 17.0. The number of aromatic nitrogens is 3. The van der Waals surface area contributed by atoms with Gasteiger partial charge in [-0.05, 0) is 136 Å². The summed E-state index contributed by atoms with van der Waals surface area (Å²) in [4.78, 5) is 61.9. The van der Waals surface area contributed by atoms with Crippen LogP contribution in [0.2, 0.25) is 0 Å². The lowest BCUT2D eigenvalue weighted by Crippen LogP contribution is -2.29. The highest BCUT2D eigenvalue weighted by molar-refractivity contribution is 8.00. The molecule has 0 fully saturated rings. The normalized spacial score (nSPS) is 11.5. The number of likely N-dealkylation sites (N-methyl/N-ethyl adjacent to an activating group) is 1. The van der Waals surface area contributed by atoms with Crippen LogP contribution in [0, 0.1) is 41.5 Å². The topological polar surface area (TPSA) is 185 Å². The molecule has 21 heteroatoms. The SMILES string of the molecule is CCOC(=O)C(=NC)c1cc(C)c(C)cc1COc1csc(SC)n1.CN=C(C(=O)NC)c1cc(C)c(C)cc1COc1csc(SC)n1.CN=C(C(=O)OC)c1cc(C)c(C)cc1COc1csc(SC)n1. The summed E-state index contributed by atoms with van der Waals surface area (Å²) < 4.78 is 30.3. The number of thiazole rings is 3. The molecule has 0 bridgehead atoms. The lowest BCUT2D eigenvalue weighted by atomic mass is 9.96. The van der Waals surface area contributed by atoms with Gasteiger partial charge >= 0.3 is 11.9 Å². The number of nitrogens with zero attached hydrogens (tertiary/aromatic N) is 6. The van der Waals surface area contributed by atoms with Gasteiger partial charge in [-0.25, -0.2) is 9.59 Å². The molecule has 15 nitrogen and oxygen atoms in total. The molecule has 0 saturated carbocycles. The first-order valence-electron chi connectivity index (χ1n) is 22.6. The second-order valence-corrected chi connectivity index (χ2v) is 21.4. The predicted molar refractivity (Wildman–Crippen MR) is 303 cm³/mol. The van der Waals surface area contributed by atoms with Gasteiger partial charge in [0.15, 0.2) is 24.4 Å². The molecule has 390 valence electrons. The van der Waals surface area contributed by atoms with Crippen LogP contribution in [0.1, 0.15) is 73.7 Å². The molecule has 1 N–H and O–H groups in total. The van der Waals surface area contributed by atoms with Crippen molar-refractivity contribution in [2.75, 3.05) is 60.7 Å². The largest absolute Gasteiger partial charge is 0.472 e. The number of hydrogen-bond acceptors (Lipinski definition) is 20. The van der Waals surface area contributed by atoms with Crippen molar-refractivity contribution in [3.05, 3.63) is 119 Å². The Morgan fingerprint density at radius 3 is 1.12 bits per heavy atom. The van der Waals surface area contributed by atoms with Crippen LogP contribution in [0.25, 0.3) is 0 Å². The van der Waals surface area contributed by atoms with Gasteiger partial charge in [-0.2, -0.15) is 15.0 Å². The Morgan fingerprint density at radius 1 is 0.534 bits per heavy atom. The first-order chi connectivity index (χ1) is 35.0. The molecule has 3 heterocycles. The van der Waals surface area contributed by atoms with Crippen molar-refractivity contribution < 1.29 is 38.1 Å². The van der Waals surface area contributed by atoms with Crippen LogP contribution in [-0.2, 0) is 43.7 Å². The zero-order chi connectivity index (χ0) is 53.8. The number of aryl methyl sites for hydroxylation is 6. The Labute approximate surface area is 453 Å². The molecule has 0 spiro atoms. The van der Waals surface area contributed by atoms with Gasteiger partial charge in [0.2, 0.25) is 17.6 Å². The number of amides is 1. The molecular formula is C52H63N7O8S6. The van der Waals surface area contributed by atoms with Gasteiger partial charge in [0.1, 0.15) is 25.5 Å². The van der Waals surface area contributed by atoms with E-state index in [1.165, 1.54) is 7.11 Å². The number of nitrogens with one attached hydrogen (secondary N) is 1. The molecule has 0 radical (unpaired) electrons. The van der Waals surface area contributed by atoms with Crippen LogP contribution in [0.4, 0.5) is 0 Å². The van der Waals surface area contributed by atoms with E-state index < -0.39 is 11.9 Å². The number of carbonyl (C=O) groups excluding carboxylic acids is 3. The van der Waals surface area contributed by atoms with Crippen molar-refractivity contribution in [1.82, 2.24) is 20.3 Å². The minimum atomic E-state index is -0.458. The average Bonchev–Trinajstić information content (AvgIpc) is 4.18. The molecule has 6 aromatic rings. The molecule has 6 rings (SSSR count). The molecular weight excluding hydrogens is 1040 g/mol. The van der Waals surface area contributed by atoms with E-state index in [2.05, 4.69) is 35.2 Å². The van der Waals surface area contributed by atoms with Gasteiger partial charge < -0.3 is 29.0 Å². The summed E-state index contributed by atoms with van der Waals surface area (Å²) >= 11 is 9.40. The van der Waals surface area contributed by atoms with Gasteiger partial charge in [0.25, 0.3) is 5.91 Å². The van der Waals surface area contributed by atoms with Crippen molar-refractivity contribution in [2.24, 2.45) is 15.0 Å². The summed E-state index contributed by atoms with van der Waals surface area (Å²) in [5, 5.41) is 8.28. The zero-order valence-corrected chi connectivity index (χ0v) is 48.8. The number of hydrogen-bond donors (Lipinski definition) is 1. The Morgan fingerprint density at radius 2 is 0.849 bits per heavy atom. The summed E-state index contributed by atoms with van der Waals surface area (Å²) in [6.45, 7) is 15.2. The smallest absolute Gasteiger partial charge is 0.357 e. The third-order valence-electron chi connectivity index (χ3n) is 10.9. The maximum atomic E-state index is 12.2. The Hall–Kier alpha value is -5.58. The molecule has 3 aromatic carbocycles. The lowest BCUT2D eigenvalue weighted by molar-refractivity contribution is -0.135. The number of benzene rings is 3. The fourth-order valence-corrected chi connectivity index (χ4v) is 10.2. The van der Waals surface area contributed by atoms with E-state index in [-0.39, 0.29) is 5.91 Å². The summed E-state index contributed by atoms with van der Waals surface area (Å²) in [7, 11) is 7.75. The van der Waals surface area contributed by atoms with Gasteiger partial charge in [-0.15, -0.1) is 34.0 Å². The quantitative estimate of drug-likeness (QED) is 0.0459. The second-order valence-electron chi connectivity index (χ2n) is 15.6. The van der Waals surface area contributed by atoms with Crippen molar-refractivity contribution in [3.8, 4) is 17.6 Å². The maximum Gasteiger partial charge on any atom is 0.357 e. The van der Waals surface area contributed by atoms with E-state index in [4.69, 9.17) is 23.7 Å². The summed E-state index contributed by atoms with van der Waals surface area (Å²) in [6.07, 6.45) is 5.94. The Kier molecular flexibility index (Phi) is 24.6. The number of esters is 2. The summed E-state index contributed by atoms with van der Waals surface area (Å²) in [5.74, 6) is 0.684. The summed E-state index contributed by atoms with van der Waals surface area (Å²) in [5.41, 5.74) is 12.6. The van der Waals surface area contributed by atoms with Crippen LogP contribution in [0.3, 0.4) is 0 Å². The number of methoxy groups -OCH3 is 1. The molecule has 73 heavy (non-hydrogen) atoms. The molecule has 3 aromatic heterocycles. The second kappa shape index (κ2) is 30.0. The van der Waals surface area contributed by atoms with Gasteiger partial charge in [0.05, 0.1) is 29.9 Å². The molecule has 0 atom stereocenters. The summed E-state index contributed by atoms with van der Waals surface area (Å²) in [6, 6.07) is 12.0. The highest BCUT2D eigenvalue weighted by Crippen LogP contribution is 2.29. The minimum absolute atomic E-state index is 0.208. The highest BCUT2D eigenvalue weighted by atomic mass is 32.2. The van der Waals surface area contributed by atoms with Crippen LogP contribution in [-0.4, -0.2) is 111 Å². The van der Waals surface area contributed by atoms with E-state index >= 15 is 0 Å². The minimum Gasteiger partial charge on any atom is -0.472 e. The fourth-order valence-electron chi connectivity index (χ4n) is 6.72. The Bertz CT molecular complexity index is 2810. The zero-order valence-electron chi connectivity index (χ0n) is 43.9. The van der Waals surface area contributed by atoms with Gasteiger partial charge in [-0.1, -0.05) is 53.5 Å². The molecule has 0 unspecified atom stereocenters. The first-order valence-corrected chi connectivity index (χ1v) is 28.9. The van der Waals surface area contributed by atoms with Gasteiger partial charge in [0, 0.05) is 44.9 Å². The third-order valence-corrected chi connectivity index (χ3v) is 16.4. The monoisotopic (exact) mass is 1110 g/mol. The van der Waals surface area contributed by atoms with E-state index in [0.29, 0.717) is 61.2 Å². The van der Waals surface area contributed by atoms with Gasteiger partial charge in [-0.3, -0.25) is 19.8 Å². The standard InChI is InChI=1S/C18H22N2O3S2.C17H21N3O2S2.C17H20N2O3S2/c1-6-22-17(21)16(19-4)14-8-12(3)11(2)7-13(14)9-23-15-10-25-18(20-15)24-5;1-10-6-12(8-22-14-9-24-17(20-14)23-5)13(7-11(10)2)15(18-3)16(21)19-4;1-10-6-12(8-22-14-9-24-17(19-14)23-5)13(7-11(10)2)15(18-3)16(20)21-4/h7-8,10H,6,9H2,1-5H3;6-7,9H,8H2,1-5H3,(H,19,21);6-7,9H,8H2,1-5H3. The average molecular weight is 1110 g/mol. The van der Waals surface area contributed by atoms with Crippen molar-refractivity contribution in [2.45, 2.75) is 81.3 Å². The first kappa shape index (κ1) is 60.0. The lowest BCUT2D eigenvalue weighted by Gasteiger charge is -2.14. The predicted octanol–water partition coefficient (Wildman–Crippen LogP) is 10.9. The molecule has 0 saturated heterocycles. The van der Waals surface area contributed by atoms with Crippen LogP contribution >= 0.6 is 69.3 Å². The van der Waals surface area contributed by atoms with E-state index in [1.54, 1.807) is 104 Å². The maximum absolute atomic E-state index is 12.2. The number of rotatable bonds is 19. The van der Waals surface area contributed by atoms with E-state index in [0.717, 1.165) is 79.8 Å². The van der Waals surface area contributed by atoms with E-state index in [9.17, 15) is 14.4 Å². The molecule has 0 aliphatic heterocycles. The number of ether oxygens (including phenoxy) is 5. The number of carbonyl (C=O) groups is 3. The van der Waals surface area contributed by atoms with Crippen molar-refractivity contribution in [1.29, 1.82) is 0 Å².